The smallest absolute Gasteiger partial charge is 0.408 e. The lowest BCUT2D eigenvalue weighted by Crippen LogP contribution is -2.60. The number of carboxylic acid groups (broad SMARTS) is 1. The number of nitrogens with one attached hydrogen (secondary N) is 5. The summed E-state index contributed by atoms with van der Waals surface area (Å²) >= 11 is 0. The second-order valence-electron chi connectivity index (χ2n) is 15.2. The van der Waals surface area contributed by atoms with Crippen molar-refractivity contribution < 1.29 is 63.8 Å². The quantitative estimate of drug-likeness (QED) is 0.0711. The molecular weight excluding hydrogens is 758 g/mol. The first-order valence-corrected chi connectivity index (χ1v) is 19.1. The fraction of sp³-hybridized carbons (Fsp3) is 0.550. The molecule has 0 aromatic heterocycles. The Morgan fingerprint density at radius 2 is 1.33 bits per heavy atom. The number of unbranched alkanes of at least 4 members (excludes halogenated alkanes) is 1. The van der Waals surface area contributed by atoms with Crippen LogP contribution in [0.2, 0.25) is 0 Å². The molecule has 0 saturated heterocycles. The van der Waals surface area contributed by atoms with Gasteiger partial charge in [-0.15, -0.1) is 0 Å². The molecule has 2 aromatic rings. The second-order valence-corrected chi connectivity index (χ2v) is 15.2. The van der Waals surface area contributed by atoms with E-state index in [1.54, 1.807) is 95.3 Å². The molecule has 58 heavy (non-hydrogen) atoms. The van der Waals surface area contributed by atoms with E-state index in [9.17, 15) is 54.3 Å². The van der Waals surface area contributed by atoms with Crippen molar-refractivity contribution >= 4 is 35.9 Å². The Labute approximate surface area is 338 Å². The zero-order chi connectivity index (χ0) is 43.4. The number of hydrogen-bond donors (Lipinski definition) is 10. The summed E-state index contributed by atoms with van der Waals surface area (Å²) in [4.78, 5) is 76.5. The standard InChI is InChI=1S/C40H59N5O13/c1-24(2)20-29(36(53)44-30(22-46)32(49)33(50)34(51)37(54)42-28(21-31(47)48)26-16-10-7-11-17-26)43-35(52)27(18-12-13-19-41-38(55)58-40(3,4)5)45-39(56)57-23-25-14-8-6-9-15-25/h6-11,14-17,24,27-30,32-34,46,49-51H,12-13,18-23H2,1-5H3,(H,41,55)(H,42,54)(H,43,52)(H,44,53)(H,45,56)(H,47,48)/t27-,28-,29-,30-,32+,33+,34-/m0/s1. The highest BCUT2D eigenvalue weighted by Crippen LogP contribution is 2.18. The molecular formula is C40H59N5O13. The fourth-order valence-corrected chi connectivity index (χ4v) is 5.60. The molecule has 7 atom stereocenters. The lowest BCUT2D eigenvalue weighted by molar-refractivity contribution is -0.145. The first-order chi connectivity index (χ1) is 27.3. The van der Waals surface area contributed by atoms with Crippen LogP contribution in [0.25, 0.3) is 0 Å². The van der Waals surface area contributed by atoms with Crippen LogP contribution in [0.15, 0.2) is 60.7 Å². The van der Waals surface area contributed by atoms with Crippen LogP contribution in [-0.4, -0.2) is 117 Å². The number of hydrogen-bond acceptors (Lipinski definition) is 12. The normalized spacial score (nSPS) is 15.0. The van der Waals surface area contributed by atoms with E-state index in [1.165, 1.54) is 0 Å². The van der Waals surface area contributed by atoms with Gasteiger partial charge in [-0.2, -0.15) is 0 Å². The number of aliphatic carboxylic acids is 1. The summed E-state index contributed by atoms with van der Waals surface area (Å²) < 4.78 is 10.5. The van der Waals surface area contributed by atoms with Crippen LogP contribution >= 0.6 is 0 Å². The highest BCUT2D eigenvalue weighted by molar-refractivity contribution is 5.91. The number of benzene rings is 2. The van der Waals surface area contributed by atoms with Gasteiger partial charge in [-0.3, -0.25) is 19.2 Å². The molecule has 2 aromatic carbocycles. The maximum atomic E-state index is 13.7. The highest BCUT2D eigenvalue weighted by Gasteiger charge is 2.38. The third-order valence-corrected chi connectivity index (χ3v) is 8.53. The first-order valence-electron chi connectivity index (χ1n) is 19.1. The number of carbonyl (C=O) groups is 6. The Balaban J connectivity index is 2.15. The minimum atomic E-state index is -2.32. The molecule has 0 spiro atoms. The van der Waals surface area contributed by atoms with Crippen molar-refractivity contribution in [1.82, 2.24) is 26.6 Å². The zero-order valence-corrected chi connectivity index (χ0v) is 33.6. The van der Waals surface area contributed by atoms with Crippen LogP contribution in [0.5, 0.6) is 0 Å². The molecule has 0 saturated carbocycles. The molecule has 0 unspecified atom stereocenters. The van der Waals surface area contributed by atoms with Gasteiger partial charge in [0.2, 0.25) is 11.8 Å². The predicted octanol–water partition coefficient (Wildman–Crippen LogP) is 1.40. The van der Waals surface area contributed by atoms with Gasteiger partial charge < -0.3 is 61.6 Å². The third-order valence-electron chi connectivity index (χ3n) is 8.53. The number of rotatable bonds is 23. The van der Waals surface area contributed by atoms with Gasteiger partial charge in [-0.05, 0) is 63.5 Å². The first kappa shape index (κ1) is 48.8. The molecule has 0 heterocycles. The van der Waals surface area contributed by atoms with Crippen LogP contribution in [0.4, 0.5) is 9.59 Å². The SMILES string of the molecule is CC(C)C[C@H](NC(=O)[C@H](CCCCNC(=O)OC(C)(C)C)NC(=O)OCc1ccccc1)C(=O)N[C@@H](CO)[C@@H](O)[C@@H](O)[C@H](O)C(=O)N[C@@H](CC(=O)O)c1ccccc1. The molecule has 10 N–H and O–H groups in total. The van der Waals surface area contributed by atoms with Crippen molar-refractivity contribution in [3.05, 3.63) is 71.8 Å². The molecule has 5 amide bonds. The Bertz CT molecular complexity index is 1610. The summed E-state index contributed by atoms with van der Waals surface area (Å²) in [5.74, 6) is -4.33. The van der Waals surface area contributed by atoms with Crippen molar-refractivity contribution in [3.63, 3.8) is 0 Å². The van der Waals surface area contributed by atoms with Gasteiger partial charge in [-0.1, -0.05) is 74.5 Å². The van der Waals surface area contributed by atoms with Crippen LogP contribution in [0.1, 0.15) is 83.9 Å². The average Bonchev–Trinajstić information content (AvgIpc) is 3.16. The van der Waals surface area contributed by atoms with E-state index < -0.39 is 97.0 Å². The number of ether oxygens (including phenoxy) is 2. The third kappa shape index (κ3) is 18.3. The summed E-state index contributed by atoms with van der Waals surface area (Å²) in [7, 11) is 0. The lowest BCUT2D eigenvalue weighted by atomic mass is 9.98. The molecule has 0 aliphatic carbocycles. The molecule has 0 fully saturated rings. The lowest BCUT2D eigenvalue weighted by Gasteiger charge is -2.31. The molecule has 0 bridgehead atoms. The summed E-state index contributed by atoms with van der Waals surface area (Å²) in [5.41, 5.74) is 0.408. The van der Waals surface area contributed by atoms with Crippen molar-refractivity contribution in [3.8, 4) is 0 Å². The van der Waals surface area contributed by atoms with Crippen molar-refractivity contribution in [1.29, 1.82) is 0 Å². The number of aliphatic hydroxyl groups excluding tert-OH is 4. The number of aliphatic hydroxyl groups is 4. The maximum Gasteiger partial charge on any atom is 0.408 e. The van der Waals surface area contributed by atoms with E-state index in [-0.39, 0.29) is 31.9 Å². The van der Waals surface area contributed by atoms with Gasteiger partial charge in [-0.25, -0.2) is 9.59 Å². The van der Waals surface area contributed by atoms with Crippen LogP contribution in [0.3, 0.4) is 0 Å². The fourth-order valence-electron chi connectivity index (χ4n) is 5.60. The molecule has 0 aliphatic heterocycles. The number of amides is 5. The Hall–Kier alpha value is -5.30. The van der Waals surface area contributed by atoms with Gasteiger partial charge in [0.15, 0.2) is 6.10 Å². The highest BCUT2D eigenvalue weighted by atomic mass is 16.6. The van der Waals surface area contributed by atoms with E-state index in [4.69, 9.17) is 9.47 Å². The minimum absolute atomic E-state index is 0.0504. The molecule has 0 radical (unpaired) electrons. The molecule has 2 rings (SSSR count). The van der Waals surface area contributed by atoms with Crippen molar-refractivity contribution in [2.24, 2.45) is 5.92 Å². The number of alkyl carbamates (subject to hydrolysis) is 2. The van der Waals surface area contributed by atoms with E-state index in [0.29, 0.717) is 24.0 Å². The monoisotopic (exact) mass is 817 g/mol. The Morgan fingerprint density at radius 1 is 0.724 bits per heavy atom. The zero-order valence-electron chi connectivity index (χ0n) is 33.6. The van der Waals surface area contributed by atoms with Crippen LogP contribution in [0, 0.1) is 5.92 Å². The summed E-state index contributed by atoms with van der Waals surface area (Å²) in [5, 5.41) is 64.1. The number of carbonyl (C=O) groups excluding carboxylic acids is 5. The predicted molar refractivity (Wildman–Crippen MR) is 210 cm³/mol. The molecule has 18 nitrogen and oxygen atoms in total. The maximum absolute atomic E-state index is 13.7. The molecule has 322 valence electrons. The van der Waals surface area contributed by atoms with Gasteiger partial charge in [0.25, 0.3) is 5.91 Å². The van der Waals surface area contributed by atoms with Gasteiger partial charge in [0, 0.05) is 6.54 Å². The van der Waals surface area contributed by atoms with E-state index >= 15 is 0 Å². The topological polar surface area (TPSA) is 282 Å². The van der Waals surface area contributed by atoms with Gasteiger partial charge in [0.1, 0.15) is 36.5 Å². The number of carboxylic acids is 1. The summed E-state index contributed by atoms with van der Waals surface area (Å²) in [6.45, 7) is 7.87. The van der Waals surface area contributed by atoms with E-state index in [1.807, 2.05) is 0 Å². The minimum Gasteiger partial charge on any atom is -0.481 e. The van der Waals surface area contributed by atoms with Crippen LogP contribution < -0.4 is 26.6 Å². The van der Waals surface area contributed by atoms with Crippen molar-refractivity contribution in [2.75, 3.05) is 13.2 Å². The average molecular weight is 818 g/mol. The van der Waals surface area contributed by atoms with E-state index in [0.717, 1.165) is 0 Å². The summed E-state index contributed by atoms with van der Waals surface area (Å²) in [6.07, 6.45) is -7.93. The molecule has 18 heteroatoms. The second kappa shape index (κ2) is 24.5. The molecule has 0 aliphatic rings. The Kier molecular flexibility index (Phi) is 20.6. The largest absolute Gasteiger partial charge is 0.481 e. The van der Waals surface area contributed by atoms with Gasteiger partial charge in [0.05, 0.1) is 25.1 Å². The Morgan fingerprint density at radius 3 is 1.90 bits per heavy atom. The van der Waals surface area contributed by atoms with E-state index in [2.05, 4.69) is 26.6 Å². The van der Waals surface area contributed by atoms with Crippen LogP contribution in [-0.2, 0) is 35.3 Å². The summed E-state index contributed by atoms with van der Waals surface area (Å²) in [6, 6.07) is 11.6. The van der Waals surface area contributed by atoms with Gasteiger partial charge >= 0.3 is 18.2 Å². The van der Waals surface area contributed by atoms with Crippen molar-refractivity contribution in [2.45, 2.75) is 121 Å².